The lowest BCUT2D eigenvalue weighted by Gasteiger charge is -2.36. The number of pyridine rings is 1. The summed E-state index contributed by atoms with van der Waals surface area (Å²) < 4.78 is 21.4. The molecule has 7 heteroatoms. The highest BCUT2D eigenvalue weighted by Gasteiger charge is 2.41. The number of aryl methyl sites for hydroxylation is 1. The fourth-order valence-electron chi connectivity index (χ4n) is 3.53. The molecule has 29 heavy (non-hydrogen) atoms. The number of carbonyl (C=O) groups is 1. The van der Waals surface area contributed by atoms with E-state index >= 15 is 0 Å². The fourth-order valence-corrected chi connectivity index (χ4v) is 3.53. The van der Waals surface area contributed by atoms with Crippen LogP contribution in [0.1, 0.15) is 24.0 Å². The molecule has 0 radical (unpaired) electrons. The van der Waals surface area contributed by atoms with Gasteiger partial charge in [-0.3, -0.25) is 4.79 Å². The Morgan fingerprint density at radius 3 is 2.52 bits per heavy atom. The van der Waals surface area contributed by atoms with E-state index < -0.39 is 5.41 Å². The zero-order chi connectivity index (χ0) is 20.7. The molecule has 1 amide bonds. The third kappa shape index (κ3) is 4.86. The summed E-state index contributed by atoms with van der Waals surface area (Å²) in [5, 5.41) is 3.05. The first-order valence-electron chi connectivity index (χ1n) is 9.71. The summed E-state index contributed by atoms with van der Waals surface area (Å²) in [4.78, 5) is 17.7. The normalized spacial score (nSPS) is 15.6. The number of hydrogen-bond acceptors (Lipinski definition) is 6. The van der Waals surface area contributed by atoms with Crippen molar-refractivity contribution < 1.29 is 23.7 Å². The number of hydrogen-bond donors (Lipinski definition) is 1. The number of nitrogens with one attached hydrogen (secondary N) is 1. The van der Waals surface area contributed by atoms with Gasteiger partial charge in [0.2, 0.25) is 11.8 Å². The Morgan fingerprint density at radius 2 is 1.90 bits per heavy atom. The molecule has 2 aromatic rings. The van der Waals surface area contributed by atoms with Crippen LogP contribution in [0.25, 0.3) is 0 Å². The van der Waals surface area contributed by atoms with Crippen molar-refractivity contribution in [3.8, 4) is 11.6 Å². The molecule has 7 nitrogen and oxygen atoms in total. The standard InChI is InChI=1S/C22H28N2O5/c1-16-14-18(15-23-20(16)29-13-12-26-2)24-21(25)22(8-10-28-11-9-22)17-4-6-19(27-3)7-5-17/h4-7,14-15H,8-13H2,1-3H3,(H,24,25). The van der Waals surface area contributed by atoms with Gasteiger partial charge in [0.05, 0.1) is 31.0 Å². The zero-order valence-electron chi connectivity index (χ0n) is 17.2. The molecule has 1 N–H and O–H groups in total. The largest absolute Gasteiger partial charge is 0.497 e. The second-order valence-corrected chi connectivity index (χ2v) is 7.06. The molecule has 2 heterocycles. The Labute approximate surface area is 171 Å². The summed E-state index contributed by atoms with van der Waals surface area (Å²) in [7, 11) is 3.25. The van der Waals surface area contributed by atoms with Crippen molar-refractivity contribution in [3.05, 3.63) is 47.7 Å². The smallest absolute Gasteiger partial charge is 0.235 e. The Hall–Kier alpha value is -2.64. The fraction of sp³-hybridized carbons (Fsp3) is 0.455. The van der Waals surface area contributed by atoms with Gasteiger partial charge in [-0.25, -0.2) is 4.98 Å². The molecule has 1 aromatic carbocycles. The monoisotopic (exact) mass is 400 g/mol. The van der Waals surface area contributed by atoms with Gasteiger partial charge in [-0.1, -0.05) is 12.1 Å². The van der Waals surface area contributed by atoms with Gasteiger partial charge in [0, 0.05) is 25.9 Å². The van der Waals surface area contributed by atoms with Gasteiger partial charge in [-0.15, -0.1) is 0 Å². The molecule has 1 fully saturated rings. The maximum absolute atomic E-state index is 13.4. The zero-order valence-corrected chi connectivity index (χ0v) is 17.2. The lowest BCUT2D eigenvalue weighted by Crippen LogP contribution is -2.44. The van der Waals surface area contributed by atoms with E-state index in [0.29, 0.717) is 50.8 Å². The molecule has 0 unspecified atom stereocenters. The minimum atomic E-state index is -0.647. The third-order valence-electron chi connectivity index (χ3n) is 5.24. The highest BCUT2D eigenvalue weighted by molar-refractivity contribution is 5.99. The van der Waals surface area contributed by atoms with Crippen molar-refractivity contribution in [1.29, 1.82) is 0 Å². The molecule has 1 aliphatic heterocycles. The number of anilines is 1. The predicted octanol–water partition coefficient (Wildman–Crippen LogP) is 3.11. The van der Waals surface area contributed by atoms with Crippen LogP contribution >= 0.6 is 0 Å². The van der Waals surface area contributed by atoms with Crippen molar-refractivity contribution in [2.75, 3.05) is 46.0 Å². The van der Waals surface area contributed by atoms with Crippen LogP contribution in [0.15, 0.2) is 36.5 Å². The van der Waals surface area contributed by atoms with E-state index in [2.05, 4.69) is 10.3 Å². The second-order valence-electron chi connectivity index (χ2n) is 7.06. The minimum Gasteiger partial charge on any atom is -0.497 e. The predicted molar refractivity (Wildman–Crippen MR) is 110 cm³/mol. The average molecular weight is 400 g/mol. The highest BCUT2D eigenvalue weighted by atomic mass is 16.5. The van der Waals surface area contributed by atoms with Crippen LogP contribution in [-0.4, -0.2) is 51.5 Å². The van der Waals surface area contributed by atoms with Crippen LogP contribution in [0, 0.1) is 6.92 Å². The summed E-state index contributed by atoms with van der Waals surface area (Å²) in [6, 6.07) is 9.56. The molecule has 0 bridgehead atoms. The number of aromatic nitrogens is 1. The van der Waals surface area contributed by atoms with Crippen molar-refractivity contribution >= 4 is 11.6 Å². The van der Waals surface area contributed by atoms with Crippen molar-refractivity contribution in [2.45, 2.75) is 25.2 Å². The summed E-state index contributed by atoms with van der Waals surface area (Å²) >= 11 is 0. The van der Waals surface area contributed by atoms with Gasteiger partial charge in [-0.2, -0.15) is 0 Å². The Bertz CT molecular complexity index is 816. The van der Waals surface area contributed by atoms with Gasteiger partial charge in [0.25, 0.3) is 0 Å². The van der Waals surface area contributed by atoms with Gasteiger partial charge in [-0.05, 0) is 43.5 Å². The molecular formula is C22H28N2O5. The van der Waals surface area contributed by atoms with Crippen molar-refractivity contribution in [2.24, 2.45) is 0 Å². The van der Waals surface area contributed by atoms with E-state index in [0.717, 1.165) is 16.9 Å². The average Bonchev–Trinajstić information content (AvgIpc) is 2.76. The number of carbonyl (C=O) groups excluding carboxylic acids is 1. The van der Waals surface area contributed by atoms with E-state index in [1.54, 1.807) is 20.4 Å². The van der Waals surface area contributed by atoms with Crippen molar-refractivity contribution in [3.63, 3.8) is 0 Å². The SMILES string of the molecule is COCCOc1ncc(NC(=O)C2(c3ccc(OC)cc3)CCOCC2)cc1C. The second kappa shape index (κ2) is 9.71. The number of methoxy groups -OCH3 is 2. The van der Waals surface area contributed by atoms with Crippen LogP contribution in [0.2, 0.25) is 0 Å². The molecule has 0 aliphatic carbocycles. The van der Waals surface area contributed by atoms with Gasteiger partial charge in [0.1, 0.15) is 12.4 Å². The summed E-state index contributed by atoms with van der Waals surface area (Å²) in [5.41, 5.74) is 1.81. The van der Waals surface area contributed by atoms with Crippen LogP contribution in [0.5, 0.6) is 11.6 Å². The van der Waals surface area contributed by atoms with E-state index in [1.165, 1.54) is 0 Å². The molecule has 3 rings (SSSR count). The van der Waals surface area contributed by atoms with E-state index in [1.807, 2.05) is 37.3 Å². The topological polar surface area (TPSA) is 78.9 Å². The summed E-state index contributed by atoms with van der Waals surface area (Å²) in [6.45, 7) is 3.91. The highest BCUT2D eigenvalue weighted by Crippen LogP contribution is 2.37. The first-order chi connectivity index (χ1) is 14.1. The van der Waals surface area contributed by atoms with Crippen molar-refractivity contribution in [1.82, 2.24) is 4.98 Å². The maximum Gasteiger partial charge on any atom is 0.235 e. The Kier molecular flexibility index (Phi) is 7.06. The molecule has 1 aliphatic rings. The molecule has 156 valence electrons. The number of nitrogens with zero attached hydrogens (tertiary/aromatic N) is 1. The van der Waals surface area contributed by atoms with Crippen LogP contribution in [0.4, 0.5) is 5.69 Å². The minimum absolute atomic E-state index is 0.0554. The lowest BCUT2D eigenvalue weighted by atomic mass is 9.73. The molecule has 0 atom stereocenters. The molecule has 1 saturated heterocycles. The third-order valence-corrected chi connectivity index (χ3v) is 5.24. The first-order valence-corrected chi connectivity index (χ1v) is 9.71. The van der Waals surface area contributed by atoms with E-state index in [4.69, 9.17) is 18.9 Å². The summed E-state index contributed by atoms with van der Waals surface area (Å²) in [6.07, 6.45) is 2.86. The number of amides is 1. The van der Waals surface area contributed by atoms with Gasteiger partial charge < -0.3 is 24.3 Å². The number of benzene rings is 1. The van der Waals surface area contributed by atoms with Gasteiger partial charge in [0.15, 0.2) is 0 Å². The maximum atomic E-state index is 13.4. The molecule has 0 saturated carbocycles. The first kappa shape index (κ1) is 21.1. The number of ether oxygens (including phenoxy) is 4. The van der Waals surface area contributed by atoms with Gasteiger partial charge >= 0.3 is 0 Å². The quantitative estimate of drug-likeness (QED) is 0.686. The van der Waals surface area contributed by atoms with Crippen LogP contribution in [-0.2, 0) is 19.7 Å². The Morgan fingerprint density at radius 1 is 1.17 bits per heavy atom. The van der Waals surface area contributed by atoms with Crippen LogP contribution < -0.4 is 14.8 Å². The molecular weight excluding hydrogens is 372 g/mol. The Balaban J connectivity index is 1.79. The molecule has 1 aromatic heterocycles. The summed E-state index contributed by atoms with van der Waals surface area (Å²) in [5.74, 6) is 1.25. The number of rotatable bonds is 8. The lowest BCUT2D eigenvalue weighted by molar-refractivity contribution is -0.125. The molecule has 0 spiro atoms. The van der Waals surface area contributed by atoms with Crippen LogP contribution in [0.3, 0.4) is 0 Å². The van der Waals surface area contributed by atoms with E-state index in [-0.39, 0.29) is 5.91 Å². The van der Waals surface area contributed by atoms with E-state index in [9.17, 15) is 4.79 Å².